The van der Waals surface area contributed by atoms with Gasteiger partial charge >= 0.3 is 0 Å². The lowest BCUT2D eigenvalue weighted by Gasteiger charge is -2.16. The first-order chi connectivity index (χ1) is 8.21. The van der Waals surface area contributed by atoms with E-state index >= 15 is 0 Å². The molecule has 0 aliphatic rings. The number of non-ortho nitro benzene ring substituents is 1. The second kappa shape index (κ2) is 5.01. The van der Waals surface area contributed by atoms with Crippen molar-refractivity contribution in [3.8, 4) is 0 Å². The summed E-state index contributed by atoms with van der Waals surface area (Å²) in [7, 11) is -1.46. The van der Waals surface area contributed by atoms with Crippen molar-refractivity contribution in [2.75, 3.05) is 14.2 Å². The Morgan fingerprint density at radius 2 is 1.89 bits per heavy atom. The van der Waals surface area contributed by atoms with E-state index < -0.39 is 14.9 Å². The second-order valence-corrected chi connectivity index (χ2v) is 5.64. The van der Waals surface area contributed by atoms with E-state index in [0.29, 0.717) is 15.6 Å². The molecule has 0 aromatic heterocycles. The van der Waals surface area contributed by atoms with Gasteiger partial charge in [0, 0.05) is 19.2 Å². The third-order valence-corrected chi connectivity index (χ3v) is 4.49. The summed E-state index contributed by atoms with van der Waals surface area (Å²) >= 11 is 0. The Labute approximate surface area is 105 Å². The number of hydrogen-bond donors (Lipinski definition) is 0. The molecule has 0 amide bonds. The van der Waals surface area contributed by atoms with Crippen LogP contribution in [-0.2, 0) is 14.9 Å². The van der Waals surface area contributed by atoms with Gasteiger partial charge < -0.3 is 0 Å². The van der Waals surface area contributed by atoms with Crippen molar-refractivity contribution in [1.82, 2.24) is 4.47 Å². The van der Waals surface area contributed by atoms with Crippen LogP contribution in [0.25, 0.3) is 0 Å². The molecule has 0 heterocycles. The van der Waals surface area contributed by atoms with Gasteiger partial charge in [0.1, 0.15) is 0 Å². The number of benzene rings is 1. The highest BCUT2D eigenvalue weighted by atomic mass is 32.2. The molecule has 100 valence electrons. The molecule has 0 aliphatic heterocycles. The Bertz CT molecular complexity index is 582. The van der Waals surface area contributed by atoms with Crippen LogP contribution >= 0.6 is 0 Å². The molecule has 0 N–H and O–H groups in total. The fraction of sp³-hybridized carbons (Fsp3) is 0.400. The SMILES string of the molecule is CON(C)S(=O)(=O)c1cc([N+](=O)[O-])cc(C)c1C. The van der Waals surface area contributed by atoms with E-state index in [1.807, 2.05) is 0 Å². The smallest absolute Gasteiger partial charge is 0.271 e. The monoisotopic (exact) mass is 274 g/mol. The van der Waals surface area contributed by atoms with Crippen LogP contribution in [0.15, 0.2) is 17.0 Å². The fourth-order valence-electron chi connectivity index (χ4n) is 1.42. The first-order valence-electron chi connectivity index (χ1n) is 5.00. The maximum Gasteiger partial charge on any atom is 0.271 e. The van der Waals surface area contributed by atoms with Crippen molar-refractivity contribution < 1.29 is 18.2 Å². The van der Waals surface area contributed by atoms with Gasteiger partial charge in [0.25, 0.3) is 15.7 Å². The Balaban J connectivity index is 3.55. The molecule has 0 spiro atoms. The second-order valence-electron chi connectivity index (χ2n) is 3.74. The van der Waals surface area contributed by atoms with Crippen LogP contribution in [0.1, 0.15) is 11.1 Å². The highest BCUT2D eigenvalue weighted by Gasteiger charge is 2.26. The molecule has 7 nitrogen and oxygen atoms in total. The molecule has 0 unspecified atom stereocenters. The largest absolute Gasteiger partial charge is 0.288 e. The van der Waals surface area contributed by atoms with E-state index in [2.05, 4.69) is 4.84 Å². The number of hydrogen-bond acceptors (Lipinski definition) is 5. The average molecular weight is 274 g/mol. The summed E-state index contributed by atoms with van der Waals surface area (Å²) in [5.74, 6) is 0. The molecular weight excluding hydrogens is 260 g/mol. The van der Waals surface area contributed by atoms with Crippen LogP contribution in [-0.4, -0.2) is 32.0 Å². The van der Waals surface area contributed by atoms with Crippen molar-refractivity contribution in [2.45, 2.75) is 18.7 Å². The minimum atomic E-state index is -3.89. The highest BCUT2D eigenvalue weighted by Crippen LogP contribution is 2.27. The standard InChI is InChI=1S/C10H14N2O5S/c1-7-5-9(12(13)14)6-10(8(7)2)18(15,16)11(3)17-4/h5-6H,1-4H3. The van der Waals surface area contributed by atoms with Gasteiger partial charge in [-0.1, -0.05) is 4.47 Å². The minimum absolute atomic E-state index is 0.126. The quantitative estimate of drug-likeness (QED) is 0.611. The highest BCUT2D eigenvalue weighted by molar-refractivity contribution is 7.89. The van der Waals surface area contributed by atoms with Crippen LogP contribution in [0.2, 0.25) is 0 Å². The van der Waals surface area contributed by atoms with Crippen molar-refractivity contribution in [2.24, 2.45) is 0 Å². The Morgan fingerprint density at radius 3 is 2.33 bits per heavy atom. The average Bonchev–Trinajstić information content (AvgIpc) is 2.30. The fourth-order valence-corrected chi connectivity index (χ4v) is 2.71. The van der Waals surface area contributed by atoms with E-state index in [0.717, 1.165) is 6.07 Å². The maximum absolute atomic E-state index is 12.1. The molecule has 0 saturated carbocycles. The summed E-state index contributed by atoms with van der Waals surface area (Å²) in [6, 6.07) is 2.37. The van der Waals surface area contributed by atoms with Crippen molar-refractivity contribution >= 4 is 15.7 Å². The zero-order chi connectivity index (χ0) is 14.1. The molecule has 1 rings (SSSR count). The van der Waals surface area contributed by atoms with E-state index in [4.69, 9.17) is 0 Å². The molecule has 0 radical (unpaired) electrons. The molecule has 8 heteroatoms. The number of sulfonamides is 1. The lowest BCUT2D eigenvalue weighted by Crippen LogP contribution is -2.26. The third kappa shape index (κ3) is 2.50. The predicted molar refractivity (Wildman–Crippen MR) is 64.5 cm³/mol. The van der Waals surface area contributed by atoms with Crippen LogP contribution in [0.5, 0.6) is 0 Å². The van der Waals surface area contributed by atoms with Crippen molar-refractivity contribution in [3.05, 3.63) is 33.4 Å². The normalized spacial score (nSPS) is 11.8. The molecule has 1 aromatic carbocycles. The zero-order valence-corrected chi connectivity index (χ0v) is 11.3. The molecule has 1 aromatic rings. The van der Waals surface area contributed by atoms with Crippen LogP contribution in [0.3, 0.4) is 0 Å². The van der Waals surface area contributed by atoms with E-state index in [-0.39, 0.29) is 10.6 Å². The topological polar surface area (TPSA) is 89.8 Å². The van der Waals surface area contributed by atoms with Gasteiger partial charge in [-0.2, -0.15) is 0 Å². The number of nitrogens with zero attached hydrogens (tertiary/aromatic N) is 2. The zero-order valence-electron chi connectivity index (χ0n) is 10.5. The number of hydroxylamine groups is 1. The molecule has 0 fully saturated rings. The molecule has 18 heavy (non-hydrogen) atoms. The summed E-state index contributed by atoms with van der Waals surface area (Å²) in [6.45, 7) is 3.21. The van der Waals surface area contributed by atoms with Gasteiger partial charge in [0.05, 0.1) is 16.9 Å². The summed E-state index contributed by atoms with van der Waals surface area (Å²) in [6.07, 6.45) is 0. The number of nitro groups is 1. The summed E-state index contributed by atoms with van der Waals surface area (Å²) in [5.41, 5.74) is 0.734. The first-order valence-corrected chi connectivity index (χ1v) is 6.44. The maximum atomic E-state index is 12.1. The first kappa shape index (κ1) is 14.6. The molecule has 0 saturated heterocycles. The number of aryl methyl sites for hydroxylation is 1. The van der Waals surface area contributed by atoms with Gasteiger partial charge in [-0.05, 0) is 25.0 Å². The molecule has 0 atom stereocenters. The van der Waals surface area contributed by atoms with Gasteiger partial charge in [-0.15, -0.1) is 0 Å². The van der Waals surface area contributed by atoms with Gasteiger partial charge in [-0.25, -0.2) is 8.42 Å². The van der Waals surface area contributed by atoms with Gasteiger partial charge in [0.2, 0.25) is 0 Å². The molecule has 0 bridgehead atoms. The minimum Gasteiger partial charge on any atom is -0.288 e. The van der Waals surface area contributed by atoms with Gasteiger partial charge in [0.15, 0.2) is 0 Å². The Hall–Kier alpha value is -1.51. The lowest BCUT2D eigenvalue weighted by atomic mass is 10.1. The van der Waals surface area contributed by atoms with E-state index in [1.54, 1.807) is 13.8 Å². The third-order valence-electron chi connectivity index (χ3n) is 2.69. The van der Waals surface area contributed by atoms with Gasteiger partial charge in [-0.3, -0.25) is 15.0 Å². The summed E-state index contributed by atoms with van der Waals surface area (Å²) in [4.78, 5) is 14.6. The Kier molecular flexibility index (Phi) is 4.05. The Morgan fingerprint density at radius 1 is 1.33 bits per heavy atom. The van der Waals surface area contributed by atoms with Crippen molar-refractivity contribution in [3.63, 3.8) is 0 Å². The summed E-state index contributed by atoms with van der Waals surface area (Å²) in [5, 5.41) is 10.7. The van der Waals surface area contributed by atoms with Crippen LogP contribution in [0.4, 0.5) is 5.69 Å². The van der Waals surface area contributed by atoms with Crippen LogP contribution < -0.4 is 0 Å². The number of nitro benzene ring substituents is 1. The molecule has 0 aliphatic carbocycles. The van der Waals surface area contributed by atoms with E-state index in [9.17, 15) is 18.5 Å². The number of rotatable bonds is 4. The van der Waals surface area contributed by atoms with E-state index in [1.165, 1.54) is 20.2 Å². The van der Waals surface area contributed by atoms with Crippen molar-refractivity contribution in [1.29, 1.82) is 0 Å². The predicted octanol–water partition coefficient (Wildman–Crippen LogP) is 1.39. The lowest BCUT2D eigenvalue weighted by molar-refractivity contribution is -0.385. The van der Waals surface area contributed by atoms with Crippen LogP contribution in [0, 0.1) is 24.0 Å². The molecular formula is C10H14N2O5S. The summed E-state index contributed by atoms with van der Waals surface area (Å²) < 4.78 is 24.8.